The van der Waals surface area contributed by atoms with Crippen molar-refractivity contribution in [1.29, 1.82) is 0 Å². The SMILES string of the molecule is O=C(NCCCc1nc2ccccc2n1Cc1ccccc1)c1ccco1. The maximum Gasteiger partial charge on any atom is 0.286 e. The highest BCUT2D eigenvalue weighted by Crippen LogP contribution is 2.19. The second-order valence-electron chi connectivity index (χ2n) is 6.43. The van der Waals surface area contributed by atoms with E-state index in [1.807, 2.05) is 24.3 Å². The molecule has 0 aliphatic rings. The molecular formula is C22H21N3O2. The fourth-order valence-corrected chi connectivity index (χ4v) is 3.20. The summed E-state index contributed by atoms with van der Waals surface area (Å²) in [4.78, 5) is 16.7. The quantitative estimate of drug-likeness (QED) is 0.507. The molecule has 4 rings (SSSR count). The van der Waals surface area contributed by atoms with Crippen LogP contribution in [0.25, 0.3) is 11.0 Å². The monoisotopic (exact) mass is 359 g/mol. The van der Waals surface area contributed by atoms with Crippen LogP contribution in [0.2, 0.25) is 0 Å². The Balaban J connectivity index is 1.46. The average Bonchev–Trinajstić information content (AvgIpc) is 3.35. The van der Waals surface area contributed by atoms with E-state index < -0.39 is 0 Å². The molecule has 0 bridgehead atoms. The molecule has 2 heterocycles. The van der Waals surface area contributed by atoms with E-state index in [-0.39, 0.29) is 5.91 Å². The number of carbonyl (C=O) groups excluding carboxylic acids is 1. The number of para-hydroxylation sites is 2. The molecule has 0 aliphatic heterocycles. The summed E-state index contributed by atoms with van der Waals surface area (Å²) in [6, 6.07) is 22.0. The van der Waals surface area contributed by atoms with Crippen molar-refractivity contribution in [1.82, 2.24) is 14.9 Å². The van der Waals surface area contributed by atoms with Crippen LogP contribution in [0, 0.1) is 0 Å². The van der Waals surface area contributed by atoms with Crippen LogP contribution >= 0.6 is 0 Å². The van der Waals surface area contributed by atoms with Crippen LogP contribution in [-0.2, 0) is 13.0 Å². The number of imidazole rings is 1. The smallest absolute Gasteiger partial charge is 0.286 e. The molecule has 0 atom stereocenters. The third kappa shape index (κ3) is 3.92. The molecule has 0 spiro atoms. The van der Waals surface area contributed by atoms with Crippen molar-refractivity contribution in [3.05, 3.63) is 90.1 Å². The molecule has 5 heteroatoms. The van der Waals surface area contributed by atoms with Crippen LogP contribution in [0.3, 0.4) is 0 Å². The standard InChI is InChI=1S/C22H21N3O2/c26-22(20-12-7-15-27-20)23-14-6-13-21-24-18-10-4-5-11-19(18)25(21)16-17-8-2-1-3-9-17/h1-5,7-12,15H,6,13-14,16H2,(H,23,26). The van der Waals surface area contributed by atoms with Gasteiger partial charge in [0.25, 0.3) is 5.91 Å². The lowest BCUT2D eigenvalue weighted by molar-refractivity contribution is 0.0925. The molecule has 0 saturated carbocycles. The minimum Gasteiger partial charge on any atom is -0.459 e. The molecule has 0 fully saturated rings. The lowest BCUT2D eigenvalue weighted by atomic mass is 10.2. The second-order valence-corrected chi connectivity index (χ2v) is 6.43. The number of aromatic nitrogens is 2. The van der Waals surface area contributed by atoms with Gasteiger partial charge >= 0.3 is 0 Å². The summed E-state index contributed by atoms with van der Waals surface area (Å²) < 4.78 is 7.37. The maximum atomic E-state index is 11.9. The van der Waals surface area contributed by atoms with E-state index in [0.29, 0.717) is 12.3 Å². The van der Waals surface area contributed by atoms with Gasteiger partial charge in [-0.05, 0) is 36.2 Å². The van der Waals surface area contributed by atoms with Crippen molar-refractivity contribution >= 4 is 16.9 Å². The topological polar surface area (TPSA) is 60.1 Å². The van der Waals surface area contributed by atoms with E-state index in [9.17, 15) is 4.79 Å². The molecule has 2 aromatic carbocycles. The summed E-state index contributed by atoms with van der Waals surface area (Å²) in [7, 11) is 0. The van der Waals surface area contributed by atoms with Gasteiger partial charge < -0.3 is 14.3 Å². The van der Waals surface area contributed by atoms with Gasteiger partial charge in [-0.1, -0.05) is 42.5 Å². The lowest BCUT2D eigenvalue weighted by Gasteiger charge is -2.10. The number of furan rings is 1. The fourth-order valence-electron chi connectivity index (χ4n) is 3.20. The van der Waals surface area contributed by atoms with Crippen molar-refractivity contribution < 1.29 is 9.21 Å². The minimum absolute atomic E-state index is 0.183. The van der Waals surface area contributed by atoms with Gasteiger partial charge in [0.15, 0.2) is 5.76 Å². The summed E-state index contributed by atoms with van der Waals surface area (Å²) in [5.41, 5.74) is 3.38. The fraction of sp³-hybridized carbons (Fsp3) is 0.182. The first kappa shape index (κ1) is 17.1. The molecule has 0 aliphatic carbocycles. The number of hydrogen-bond acceptors (Lipinski definition) is 3. The normalized spacial score (nSPS) is 11.0. The number of hydrogen-bond donors (Lipinski definition) is 1. The molecule has 2 aromatic heterocycles. The van der Waals surface area contributed by atoms with Crippen molar-refractivity contribution in [2.24, 2.45) is 0 Å². The van der Waals surface area contributed by atoms with Gasteiger partial charge in [-0.15, -0.1) is 0 Å². The Labute approximate surface area is 157 Å². The van der Waals surface area contributed by atoms with Crippen molar-refractivity contribution in [2.45, 2.75) is 19.4 Å². The third-order valence-electron chi connectivity index (χ3n) is 4.52. The molecule has 0 unspecified atom stereocenters. The molecule has 0 saturated heterocycles. The highest BCUT2D eigenvalue weighted by molar-refractivity contribution is 5.91. The summed E-state index contributed by atoms with van der Waals surface area (Å²) >= 11 is 0. The highest BCUT2D eigenvalue weighted by Gasteiger charge is 2.12. The van der Waals surface area contributed by atoms with Gasteiger partial charge in [0, 0.05) is 19.5 Å². The zero-order chi connectivity index (χ0) is 18.5. The van der Waals surface area contributed by atoms with Crippen LogP contribution in [0.4, 0.5) is 0 Å². The maximum absolute atomic E-state index is 11.9. The molecule has 4 aromatic rings. The number of fused-ring (bicyclic) bond motifs is 1. The number of nitrogens with one attached hydrogen (secondary N) is 1. The van der Waals surface area contributed by atoms with Crippen LogP contribution in [-0.4, -0.2) is 22.0 Å². The van der Waals surface area contributed by atoms with Crippen molar-refractivity contribution in [3.63, 3.8) is 0 Å². The molecular weight excluding hydrogens is 338 g/mol. The Bertz CT molecular complexity index is 1020. The second kappa shape index (κ2) is 7.91. The van der Waals surface area contributed by atoms with Crippen LogP contribution < -0.4 is 5.32 Å². The molecule has 27 heavy (non-hydrogen) atoms. The summed E-state index contributed by atoms with van der Waals surface area (Å²) in [5, 5.41) is 2.89. The minimum atomic E-state index is -0.183. The van der Waals surface area contributed by atoms with Crippen LogP contribution in [0.1, 0.15) is 28.4 Å². The van der Waals surface area contributed by atoms with Gasteiger partial charge in [0.05, 0.1) is 17.3 Å². The summed E-state index contributed by atoms with van der Waals surface area (Å²) in [6.45, 7) is 1.36. The lowest BCUT2D eigenvalue weighted by Crippen LogP contribution is -2.24. The van der Waals surface area contributed by atoms with Gasteiger partial charge in [-0.25, -0.2) is 4.98 Å². The van der Waals surface area contributed by atoms with Crippen molar-refractivity contribution in [3.8, 4) is 0 Å². The van der Waals surface area contributed by atoms with Crippen LogP contribution in [0.5, 0.6) is 0 Å². The van der Waals surface area contributed by atoms with Crippen LogP contribution in [0.15, 0.2) is 77.4 Å². The predicted molar refractivity (Wildman–Crippen MR) is 105 cm³/mol. The first-order chi connectivity index (χ1) is 13.3. The predicted octanol–water partition coefficient (Wildman–Crippen LogP) is 4.04. The molecule has 0 radical (unpaired) electrons. The summed E-state index contributed by atoms with van der Waals surface area (Å²) in [6.07, 6.45) is 3.10. The molecule has 1 N–H and O–H groups in total. The average molecular weight is 359 g/mol. The Morgan fingerprint density at radius 1 is 1.00 bits per heavy atom. The Kier molecular flexibility index (Phi) is 5.01. The van der Waals surface area contributed by atoms with E-state index in [0.717, 1.165) is 36.2 Å². The first-order valence-corrected chi connectivity index (χ1v) is 9.11. The molecule has 136 valence electrons. The Morgan fingerprint density at radius 2 is 1.81 bits per heavy atom. The number of amides is 1. The van der Waals surface area contributed by atoms with Gasteiger partial charge in [-0.2, -0.15) is 0 Å². The first-order valence-electron chi connectivity index (χ1n) is 9.11. The third-order valence-corrected chi connectivity index (χ3v) is 4.52. The number of rotatable bonds is 7. The van der Waals surface area contributed by atoms with E-state index in [1.165, 1.54) is 11.8 Å². The molecule has 5 nitrogen and oxygen atoms in total. The van der Waals surface area contributed by atoms with E-state index in [4.69, 9.17) is 9.40 Å². The number of nitrogens with zero attached hydrogens (tertiary/aromatic N) is 2. The zero-order valence-electron chi connectivity index (χ0n) is 15.0. The highest BCUT2D eigenvalue weighted by atomic mass is 16.3. The Hall–Kier alpha value is -3.34. The van der Waals surface area contributed by atoms with E-state index in [2.05, 4.69) is 40.2 Å². The number of carbonyl (C=O) groups is 1. The Morgan fingerprint density at radius 3 is 2.63 bits per heavy atom. The van der Waals surface area contributed by atoms with E-state index in [1.54, 1.807) is 12.1 Å². The largest absolute Gasteiger partial charge is 0.459 e. The molecule has 1 amide bonds. The van der Waals surface area contributed by atoms with Gasteiger partial charge in [-0.3, -0.25) is 4.79 Å². The van der Waals surface area contributed by atoms with Gasteiger partial charge in [0.2, 0.25) is 0 Å². The van der Waals surface area contributed by atoms with Crippen molar-refractivity contribution in [2.75, 3.05) is 6.54 Å². The number of aryl methyl sites for hydroxylation is 1. The van der Waals surface area contributed by atoms with Gasteiger partial charge in [0.1, 0.15) is 5.82 Å². The summed E-state index contributed by atoms with van der Waals surface area (Å²) in [5.74, 6) is 1.19. The van der Waals surface area contributed by atoms with E-state index >= 15 is 0 Å². The zero-order valence-corrected chi connectivity index (χ0v) is 15.0. The number of benzene rings is 2.